The summed E-state index contributed by atoms with van der Waals surface area (Å²) in [5, 5.41) is 4.37. The van der Waals surface area contributed by atoms with Crippen LogP contribution in [0.1, 0.15) is 5.56 Å². The largest absolute Gasteiger partial charge is 0.489 e. The van der Waals surface area contributed by atoms with Gasteiger partial charge in [0.1, 0.15) is 12.4 Å². The molecule has 7 heteroatoms. The first-order valence-corrected chi connectivity index (χ1v) is 9.76. The number of benzene rings is 2. The van der Waals surface area contributed by atoms with E-state index in [-0.39, 0.29) is 5.56 Å². The van der Waals surface area contributed by atoms with Crippen molar-refractivity contribution in [2.75, 3.05) is 6.61 Å². The second kappa shape index (κ2) is 7.46. The van der Waals surface area contributed by atoms with Crippen molar-refractivity contribution in [1.29, 1.82) is 0 Å². The molecular weight excluding hydrogens is 426 g/mol. The van der Waals surface area contributed by atoms with Crippen LogP contribution in [0.4, 0.5) is 0 Å². The highest BCUT2D eigenvalue weighted by Gasteiger charge is 2.12. The van der Waals surface area contributed by atoms with Crippen LogP contribution in [0.5, 0.6) is 5.75 Å². The lowest BCUT2D eigenvalue weighted by molar-refractivity contribution is 0.362. The number of hydrogen-bond acceptors (Lipinski definition) is 5. The van der Waals surface area contributed by atoms with Crippen molar-refractivity contribution in [2.45, 2.75) is 0 Å². The van der Waals surface area contributed by atoms with Gasteiger partial charge in [-0.15, -0.1) is 5.10 Å². The first-order valence-electron chi connectivity index (χ1n) is 8.15. The molecule has 0 saturated heterocycles. The number of thiazole rings is 1. The molecular formula is C20H14BrN3O2S. The second-order valence-corrected chi connectivity index (χ2v) is 7.61. The monoisotopic (exact) mass is 439 g/mol. The van der Waals surface area contributed by atoms with Gasteiger partial charge in [0.15, 0.2) is 5.82 Å². The Kier molecular flexibility index (Phi) is 4.87. The lowest BCUT2D eigenvalue weighted by Crippen LogP contribution is -2.23. The number of halogens is 1. The molecule has 0 radical (unpaired) electrons. The van der Waals surface area contributed by atoms with Gasteiger partial charge < -0.3 is 4.74 Å². The maximum atomic E-state index is 12.7. The summed E-state index contributed by atoms with van der Waals surface area (Å²) in [6.07, 6.45) is 3.49. The van der Waals surface area contributed by atoms with Crippen molar-refractivity contribution in [3.63, 3.8) is 0 Å². The minimum Gasteiger partial charge on any atom is -0.489 e. The summed E-state index contributed by atoms with van der Waals surface area (Å²) in [5.74, 6) is 1.23. The van der Waals surface area contributed by atoms with E-state index in [4.69, 9.17) is 4.74 Å². The van der Waals surface area contributed by atoms with Crippen molar-refractivity contribution < 1.29 is 4.74 Å². The summed E-state index contributed by atoms with van der Waals surface area (Å²) in [4.78, 5) is 17.8. The molecule has 4 rings (SSSR count). The van der Waals surface area contributed by atoms with Crippen molar-refractivity contribution in [3.05, 3.63) is 86.1 Å². The molecule has 0 atom stereocenters. The van der Waals surface area contributed by atoms with E-state index in [0.29, 0.717) is 27.7 Å². The number of aromatic nitrogens is 3. The van der Waals surface area contributed by atoms with E-state index in [1.165, 1.54) is 15.9 Å². The minimum atomic E-state index is -0.190. The van der Waals surface area contributed by atoms with Crippen LogP contribution in [0.3, 0.4) is 0 Å². The number of rotatable bonds is 5. The smallest absolute Gasteiger partial charge is 0.291 e. The zero-order valence-electron chi connectivity index (χ0n) is 14.1. The van der Waals surface area contributed by atoms with Gasteiger partial charge in [0, 0.05) is 15.6 Å². The molecule has 2 heterocycles. The Morgan fingerprint density at radius 1 is 1.19 bits per heavy atom. The standard InChI is InChI=1S/C20H14BrN3O2S/c1-2-11-26-16-6-4-3-5-14(16)12-17-19(25)24-20(27-17)22-18(23-24)13-7-9-15(21)10-8-13/h2-10,12H,1,11H2. The third-order valence-corrected chi connectivity index (χ3v) is 5.33. The van der Waals surface area contributed by atoms with Crippen LogP contribution in [-0.2, 0) is 0 Å². The molecule has 134 valence electrons. The van der Waals surface area contributed by atoms with Crippen LogP contribution < -0.4 is 14.8 Å². The average molecular weight is 440 g/mol. The van der Waals surface area contributed by atoms with Gasteiger partial charge in [-0.3, -0.25) is 4.79 Å². The molecule has 5 nitrogen and oxygen atoms in total. The van der Waals surface area contributed by atoms with Gasteiger partial charge in [-0.25, -0.2) is 0 Å². The number of hydrogen-bond donors (Lipinski definition) is 0. The van der Waals surface area contributed by atoms with Crippen LogP contribution in [0.15, 0.2) is 70.5 Å². The Labute approximate surface area is 167 Å². The topological polar surface area (TPSA) is 56.5 Å². The molecule has 2 aromatic carbocycles. The Bertz CT molecular complexity index is 1230. The molecule has 0 aliphatic rings. The van der Waals surface area contributed by atoms with E-state index in [0.717, 1.165) is 15.6 Å². The predicted molar refractivity (Wildman–Crippen MR) is 111 cm³/mol. The highest BCUT2D eigenvalue weighted by atomic mass is 79.9. The van der Waals surface area contributed by atoms with Gasteiger partial charge in [0.05, 0.1) is 4.53 Å². The van der Waals surface area contributed by atoms with E-state index in [9.17, 15) is 4.79 Å². The summed E-state index contributed by atoms with van der Waals surface area (Å²) in [6.45, 7) is 4.06. The van der Waals surface area contributed by atoms with Crippen molar-refractivity contribution in [3.8, 4) is 17.1 Å². The molecule has 2 aromatic heterocycles. The van der Waals surface area contributed by atoms with Gasteiger partial charge in [-0.2, -0.15) is 9.50 Å². The SMILES string of the molecule is C=CCOc1ccccc1C=c1sc2nc(-c3ccc(Br)cc3)nn2c1=O. The molecule has 0 fully saturated rings. The normalized spacial score (nSPS) is 11.8. The zero-order valence-corrected chi connectivity index (χ0v) is 16.5. The van der Waals surface area contributed by atoms with Crippen LogP contribution >= 0.6 is 27.3 Å². The third kappa shape index (κ3) is 3.56. The van der Waals surface area contributed by atoms with E-state index in [2.05, 4.69) is 32.6 Å². The number of fused-ring (bicyclic) bond motifs is 1. The predicted octanol–water partition coefficient (Wildman–Crippen LogP) is 3.69. The van der Waals surface area contributed by atoms with Crippen LogP contribution in [-0.4, -0.2) is 21.2 Å². The number of para-hydroxylation sites is 1. The summed E-state index contributed by atoms with van der Waals surface area (Å²) in [6, 6.07) is 15.2. The van der Waals surface area contributed by atoms with Crippen molar-refractivity contribution in [2.24, 2.45) is 0 Å². The maximum Gasteiger partial charge on any atom is 0.291 e. The number of nitrogens with zero attached hydrogens (tertiary/aromatic N) is 3. The highest BCUT2D eigenvalue weighted by molar-refractivity contribution is 9.10. The molecule has 0 aliphatic carbocycles. The maximum absolute atomic E-state index is 12.7. The van der Waals surface area contributed by atoms with E-state index >= 15 is 0 Å². The van der Waals surface area contributed by atoms with Gasteiger partial charge in [0.25, 0.3) is 5.56 Å². The Hall–Kier alpha value is -2.77. The third-order valence-electron chi connectivity index (χ3n) is 3.85. The molecule has 0 unspecified atom stereocenters. The van der Waals surface area contributed by atoms with Gasteiger partial charge in [-0.05, 0) is 24.3 Å². The van der Waals surface area contributed by atoms with E-state index in [1.807, 2.05) is 48.5 Å². The van der Waals surface area contributed by atoms with Gasteiger partial charge in [0.2, 0.25) is 4.96 Å². The molecule has 0 spiro atoms. The van der Waals surface area contributed by atoms with Crippen molar-refractivity contribution in [1.82, 2.24) is 14.6 Å². The Morgan fingerprint density at radius 3 is 2.70 bits per heavy atom. The van der Waals surface area contributed by atoms with Crippen molar-refractivity contribution >= 4 is 38.3 Å². The van der Waals surface area contributed by atoms with Crippen LogP contribution in [0.2, 0.25) is 0 Å². The summed E-state index contributed by atoms with van der Waals surface area (Å²) >= 11 is 4.71. The summed E-state index contributed by atoms with van der Waals surface area (Å²) in [5.41, 5.74) is 1.50. The first-order chi connectivity index (χ1) is 13.2. The second-order valence-electron chi connectivity index (χ2n) is 5.69. The fourth-order valence-corrected chi connectivity index (χ4v) is 3.74. The molecule has 0 aliphatic heterocycles. The fraction of sp³-hybridized carbons (Fsp3) is 0.0500. The molecule has 0 bridgehead atoms. The molecule has 4 aromatic rings. The minimum absolute atomic E-state index is 0.190. The molecule has 0 N–H and O–H groups in total. The van der Waals surface area contributed by atoms with Gasteiger partial charge in [-0.1, -0.05) is 70.3 Å². The average Bonchev–Trinajstić information content (AvgIpc) is 3.21. The lowest BCUT2D eigenvalue weighted by Gasteiger charge is -2.05. The first kappa shape index (κ1) is 17.6. The fourth-order valence-electron chi connectivity index (χ4n) is 2.58. The Balaban J connectivity index is 1.76. The zero-order chi connectivity index (χ0) is 18.8. The van der Waals surface area contributed by atoms with Gasteiger partial charge >= 0.3 is 0 Å². The van der Waals surface area contributed by atoms with Crippen LogP contribution in [0, 0.1) is 0 Å². The quantitative estimate of drug-likeness (QED) is 0.445. The highest BCUT2D eigenvalue weighted by Crippen LogP contribution is 2.20. The molecule has 0 amide bonds. The van der Waals surface area contributed by atoms with E-state index < -0.39 is 0 Å². The Morgan fingerprint density at radius 2 is 1.96 bits per heavy atom. The lowest BCUT2D eigenvalue weighted by atomic mass is 10.2. The number of ether oxygens (including phenoxy) is 1. The summed E-state index contributed by atoms with van der Waals surface area (Å²) < 4.78 is 8.54. The molecule has 27 heavy (non-hydrogen) atoms. The van der Waals surface area contributed by atoms with E-state index in [1.54, 1.807) is 12.2 Å². The van der Waals surface area contributed by atoms with Crippen LogP contribution in [0.25, 0.3) is 22.4 Å². The molecule has 0 saturated carbocycles. The summed E-state index contributed by atoms with van der Waals surface area (Å²) in [7, 11) is 0.